The third-order valence-electron chi connectivity index (χ3n) is 2.80. The smallest absolute Gasteiger partial charge is 0.0384 e. The predicted molar refractivity (Wildman–Crippen MR) is 72.0 cm³/mol. The van der Waals surface area contributed by atoms with Gasteiger partial charge in [-0.3, -0.25) is 0 Å². The number of nitrogens with zero attached hydrogens (tertiary/aromatic N) is 2. The normalized spacial score (nSPS) is 10.8. The van der Waals surface area contributed by atoms with Gasteiger partial charge in [0.15, 0.2) is 0 Å². The fourth-order valence-electron chi connectivity index (χ4n) is 1.62. The third-order valence-corrected chi connectivity index (χ3v) is 2.80. The molecular formula is C13H23N3. The Hall–Kier alpha value is -1.22. The van der Waals surface area contributed by atoms with Gasteiger partial charge in [0.2, 0.25) is 0 Å². The Balaban J connectivity index is 2.52. The maximum atomic E-state index is 5.90. The number of rotatable bonds is 5. The Morgan fingerprint density at radius 3 is 2.38 bits per heavy atom. The monoisotopic (exact) mass is 221 g/mol. The van der Waals surface area contributed by atoms with Crippen LogP contribution in [0.1, 0.15) is 12.0 Å². The summed E-state index contributed by atoms with van der Waals surface area (Å²) in [5.41, 5.74) is 9.11. The molecule has 1 aromatic carbocycles. The molecule has 3 heteroatoms. The molecule has 1 rings (SSSR count). The van der Waals surface area contributed by atoms with Crippen molar-refractivity contribution in [3.63, 3.8) is 0 Å². The Kier molecular flexibility index (Phi) is 4.62. The number of nitrogens with two attached hydrogens (primary N) is 1. The van der Waals surface area contributed by atoms with Crippen molar-refractivity contribution in [3.05, 3.63) is 23.8 Å². The van der Waals surface area contributed by atoms with Gasteiger partial charge in [0.1, 0.15) is 0 Å². The van der Waals surface area contributed by atoms with Gasteiger partial charge < -0.3 is 15.5 Å². The van der Waals surface area contributed by atoms with Crippen LogP contribution in [0.3, 0.4) is 0 Å². The molecule has 0 fully saturated rings. The van der Waals surface area contributed by atoms with Gasteiger partial charge in [-0.1, -0.05) is 6.07 Å². The summed E-state index contributed by atoms with van der Waals surface area (Å²) in [6.45, 7) is 4.21. The maximum absolute atomic E-state index is 5.90. The lowest BCUT2D eigenvalue weighted by atomic mass is 10.2. The number of benzene rings is 1. The molecule has 1 aromatic rings. The Morgan fingerprint density at radius 2 is 1.81 bits per heavy atom. The summed E-state index contributed by atoms with van der Waals surface area (Å²) >= 11 is 0. The van der Waals surface area contributed by atoms with Gasteiger partial charge in [-0.25, -0.2) is 0 Å². The molecule has 0 aromatic heterocycles. The highest BCUT2D eigenvalue weighted by Gasteiger charge is 2.02. The molecule has 0 unspecified atom stereocenters. The van der Waals surface area contributed by atoms with E-state index in [1.54, 1.807) is 0 Å². The van der Waals surface area contributed by atoms with Crippen molar-refractivity contribution in [1.82, 2.24) is 4.90 Å². The van der Waals surface area contributed by atoms with Crippen LogP contribution >= 0.6 is 0 Å². The van der Waals surface area contributed by atoms with Crippen molar-refractivity contribution in [3.8, 4) is 0 Å². The highest BCUT2D eigenvalue weighted by Crippen LogP contribution is 2.19. The molecule has 3 nitrogen and oxygen atoms in total. The van der Waals surface area contributed by atoms with E-state index in [1.165, 1.54) is 5.69 Å². The van der Waals surface area contributed by atoms with Crippen LogP contribution in [0.5, 0.6) is 0 Å². The molecule has 16 heavy (non-hydrogen) atoms. The number of anilines is 2. The molecule has 0 amide bonds. The van der Waals surface area contributed by atoms with E-state index in [4.69, 9.17) is 5.73 Å². The highest BCUT2D eigenvalue weighted by atomic mass is 15.1. The van der Waals surface area contributed by atoms with Gasteiger partial charge in [0.25, 0.3) is 0 Å². The summed E-state index contributed by atoms with van der Waals surface area (Å²) in [5, 5.41) is 0. The minimum absolute atomic E-state index is 0.872. The Morgan fingerprint density at radius 1 is 1.12 bits per heavy atom. The van der Waals surface area contributed by atoms with Crippen molar-refractivity contribution in [2.75, 3.05) is 44.9 Å². The van der Waals surface area contributed by atoms with Gasteiger partial charge >= 0.3 is 0 Å². The van der Waals surface area contributed by atoms with Gasteiger partial charge in [-0.15, -0.1) is 0 Å². The summed E-state index contributed by atoms with van der Waals surface area (Å²) in [4.78, 5) is 4.46. The van der Waals surface area contributed by atoms with Gasteiger partial charge in [0.05, 0.1) is 0 Å². The highest BCUT2D eigenvalue weighted by molar-refractivity contribution is 5.59. The van der Waals surface area contributed by atoms with Crippen molar-refractivity contribution in [2.24, 2.45) is 0 Å². The van der Waals surface area contributed by atoms with E-state index in [-0.39, 0.29) is 0 Å². The molecule has 0 aliphatic heterocycles. The fraction of sp³-hybridized carbons (Fsp3) is 0.538. The largest absolute Gasteiger partial charge is 0.398 e. The minimum atomic E-state index is 0.872. The quantitative estimate of drug-likeness (QED) is 0.772. The second-order valence-corrected chi connectivity index (χ2v) is 4.62. The zero-order valence-corrected chi connectivity index (χ0v) is 10.8. The number of nitrogen functional groups attached to an aromatic ring is 1. The second kappa shape index (κ2) is 5.75. The molecule has 0 radical (unpaired) electrons. The zero-order chi connectivity index (χ0) is 12.1. The summed E-state index contributed by atoms with van der Waals surface area (Å²) in [6, 6.07) is 6.25. The first kappa shape index (κ1) is 12.8. The standard InChI is InChI=1S/C13H23N3/c1-11-6-7-12(10-13(11)14)16(4)9-5-8-15(2)3/h6-7,10H,5,8-9,14H2,1-4H3. The average Bonchev–Trinajstić information content (AvgIpc) is 2.21. The Bertz CT molecular complexity index is 334. The molecule has 2 N–H and O–H groups in total. The molecule has 0 heterocycles. The topological polar surface area (TPSA) is 32.5 Å². The van der Waals surface area contributed by atoms with Crippen molar-refractivity contribution >= 4 is 11.4 Å². The average molecular weight is 221 g/mol. The summed E-state index contributed by atoms with van der Waals surface area (Å²) in [6.07, 6.45) is 1.16. The lowest BCUT2D eigenvalue weighted by Crippen LogP contribution is -2.23. The zero-order valence-electron chi connectivity index (χ0n) is 10.8. The van der Waals surface area contributed by atoms with E-state index < -0.39 is 0 Å². The molecule has 0 aliphatic rings. The van der Waals surface area contributed by atoms with Crippen molar-refractivity contribution < 1.29 is 0 Å². The molecule has 0 saturated heterocycles. The van der Waals surface area contributed by atoms with Crippen LogP contribution in [0.15, 0.2) is 18.2 Å². The van der Waals surface area contributed by atoms with Gasteiger partial charge in [-0.05, 0) is 51.7 Å². The van der Waals surface area contributed by atoms with Crippen LogP contribution in [0.25, 0.3) is 0 Å². The van der Waals surface area contributed by atoms with E-state index >= 15 is 0 Å². The molecule has 0 atom stereocenters. The number of aryl methyl sites for hydroxylation is 1. The maximum Gasteiger partial charge on any atom is 0.0384 e. The summed E-state index contributed by atoms with van der Waals surface area (Å²) < 4.78 is 0. The van der Waals surface area contributed by atoms with Crippen LogP contribution in [0, 0.1) is 6.92 Å². The molecule has 0 spiro atoms. The third kappa shape index (κ3) is 3.74. The molecule has 0 bridgehead atoms. The number of hydrogen-bond acceptors (Lipinski definition) is 3. The second-order valence-electron chi connectivity index (χ2n) is 4.62. The Labute approximate surface area is 98.8 Å². The first-order valence-electron chi connectivity index (χ1n) is 5.72. The van der Waals surface area contributed by atoms with E-state index in [2.05, 4.69) is 43.1 Å². The first-order valence-corrected chi connectivity index (χ1v) is 5.72. The van der Waals surface area contributed by atoms with Crippen LogP contribution in [-0.4, -0.2) is 39.1 Å². The fourth-order valence-corrected chi connectivity index (χ4v) is 1.62. The van der Waals surface area contributed by atoms with Crippen molar-refractivity contribution in [1.29, 1.82) is 0 Å². The van der Waals surface area contributed by atoms with Gasteiger partial charge in [-0.2, -0.15) is 0 Å². The lowest BCUT2D eigenvalue weighted by Gasteiger charge is -2.21. The van der Waals surface area contributed by atoms with E-state index in [0.29, 0.717) is 0 Å². The van der Waals surface area contributed by atoms with Crippen LogP contribution in [0.4, 0.5) is 11.4 Å². The minimum Gasteiger partial charge on any atom is -0.398 e. The molecule has 0 saturated carbocycles. The predicted octanol–water partition coefficient (Wildman–Crippen LogP) is 1.97. The lowest BCUT2D eigenvalue weighted by molar-refractivity contribution is 0.401. The summed E-state index contributed by atoms with van der Waals surface area (Å²) in [5.74, 6) is 0. The van der Waals surface area contributed by atoms with Crippen LogP contribution < -0.4 is 10.6 Å². The van der Waals surface area contributed by atoms with E-state index in [0.717, 1.165) is 30.8 Å². The molecular weight excluding hydrogens is 198 g/mol. The van der Waals surface area contributed by atoms with Gasteiger partial charge in [0, 0.05) is 25.0 Å². The van der Waals surface area contributed by atoms with E-state index in [9.17, 15) is 0 Å². The van der Waals surface area contributed by atoms with Crippen LogP contribution in [0.2, 0.25) is 0 Å². The van der Waals surface area contributed by atoms with Crippen LogP contribution in [-0.2, 0) is 0 Å². The first-order chi connectivity index (χ1) is 7.50. The van der Waals surface area contributed by atoms with Crippen molar-refractivity contribution in [2.45, 2.75) is 13.3 Å². The molecule has 90 valence electrons. The van der Waals surface area contributed by atoms with E-state index in [1.807, 2.05) is 13.0 Å². The SMILES string of the molecule is Cc1ccc(N(C)CCCN(C)C)cc1N. The molecule has 0 aliphatic carbocycles. The number of hydrogen-bond donors (Lipinski definition) is 1. The summed E-state index contributed by atoms with van der Waals surface area (Å²) in [7, 11) is 6.31.